The van der Waals surface area contributed by atoms with Gasteiger partial charge in [-0.05, 0) is 44.7 Å². The van der Waals surface area contributed by atoms with E-state index in [2.05, 4.69) is 24.1 Å². The number of aromatic nitrogens is 1. The molecule has 2 aromatic rings. The van der Waals surface area contributed by atoms with Gasteiger partial charge in [-0.15, -0.1) is 11.3 Å². The maximum atomic E-state index is 12.9. The summed E-state index contributed by atoms with van der Waals surface area (Å²) in [4.78, 5) is 18.4. The molecule has 1 unspecified atom stereocenters. The normalized spacial score (nSPS) is 12.4. The van der Waals surface area contributed by atoms with E-state index in [-0.39, 0.29) is 11.7 Å². The zero-order valence-electron chi connectivity index (χ0n) is 13.0. The predicted molar refractivity (Wildman–Crippen MR) is 88.5 cm³/mol. The fourth-order valence-corrected chi connectivity index (χ4v) is 2.67. The van der Waals surface area contributed by atoms with Gasteiger partial charge in [-0.2, -0.15) is 0 Å². The predicted octanol–water partition coefficient (Wildman–Crippen LogP) is 3.62. The van der Waals surface area contributed by atoms with Gasteiger partial charge in [0.1, 0.15) is 5.82 Å². The summed E-state index contributed by atoms with van der Waals surface area (Å²) in [6, 6.07) is 6.50. The lowest BCUT2D eigenvalue weighted by atomic mass is 10.2. The van der Waals surface area contributed by atoms with Crippen LogP contribution >= 0.6 is 11.3 Å². The highest BCUT2D eigenvalue weighted by Gasteiger charge is 2.13. The van der Waals surface area contributed by atoms with Crippen molar-refractivity contribution < 1.29 is 9.18 Å². The number of hydrogen-bond donors (Lipinski definition) is 1. The Morgan fingerprint density at radius 3 is 2.73 bits per heavy atom. The SMILES string of the molecule is CCC(C)N(C)CC(=O)Nc1nc(-c2ccc(F)cc2)cs1. The van der Waals surface area contributed by atoms with E-state index in [9.17, 15) is 9.18 Å². The topological polar surface area (TPSA) is 45.2 Å². The number of hydrogen-bond acceptors (Lipinski definition) is 4. The Morgan fingerprint density at radius 1 is 1.41 bits per heavy atom. The third-order valence-electron chi connectivity index (χ3n) is 3.63. The summed E-state index contributed by atoms with van der Waals surface area (Å²) in [6.45, 7) is 4.51. The first-order chi connectivity index (χ1) is 10.5. The van der Waals surface area contributed by atoms with Gasteiger partial charge in [-0.25, -0.2) is 9.37 Å². The second-order valence-corrected chi connectivity index (χ2v) is 6.12. The highest BCUT2D eigenvalue weighted by Crippen LogP contribution is 2.24. The molecule has 0 aliphatic carbocycles. The van der Waals surface area contributed by atoms with Crippen molar-refractivity contribution in [3.05, 3.63) is 35.5 Å². The standard InChI is InChI=1S/C16H20FN3OS/c1-4-11(2)20(3)9-15(21)19-16-18-14(10-22-16)12-5-7-13(17)8-6-12/h5-8,10-11H,4,9H2,1-3H3,(H,18,19,21). The highest BCUT2D eigenvalue weighted by molar-refractivity contribution is 7.14. The minimum atomic E-state index is -0.277. The summed E-state index contributed by atoms with van der Waals surface area (Å²) < 4.78 is 12.9. The molecule has 0 saturated carbocycles. The molecule has 4 nitrogen and oxygen atoms in total. The van der Waals surface area contributed by atoms with Crippen LogP contribution in [-0.4, -0.2) is 35.4 Å². The molecule has 0 aliphatic rings. The molecule has 0 radical (unpaired) electrons. The smallest absolute Gasteiger partial charge is 0.240 e. The van der Waals surface area contributed by atoms with Crippen molar-refractivity contribution in [2.24, 2.45) is 0 Å². The number of benzene rings is 1. The van der Waals surface area contributed by atoms with Gasteiger partial charge in [0.2, 0.25) is 5.91 Å². The maximum Gasteiger partial charge on any atom is 0.240 e. The average molecular weight is 321 g/mol. The Kier molecular flexibility index (Phi) is 5.63. The van der Waals surface area contributed by atoms with Gasteiger partial charge in [0.05, 0.1) is 12.2 Å². The van der Waals surface area contributed by atoms with Crippen LogP contribution in [0.2, 0.25) is 0 Å². The molecule has 118 valence electrons. The second kappa shape index (κ2) is 7.47. The van der Waals surface area contributed by atoms with Gasteiger partial charge in [0.15, 0.2) is 5.13 Å². The molecular formula is C16H20FN3OS. The minimum absolute atomic E-state index is 0.0807. The third-order valence-corrected chi connectivity index (χ3v) is 4.38. The number of nitrogens with one attached hydrogen (secondary N) is 1. The number of amides is 1. The third kappa shape index (κ3) is 4.35. The Labute approximate surface area is 134 Å². The van der Waals surface area contributed by atoms with Crippen molar-refractivity contribution in [2.75, 3.05) is 18.9 Å². The van der Waals surface area contributed by atoms with Crippen molar-refractivity contribution in [1.29, 1.82) is 0 Å². The summed E-state index contributed by atoms with van der Waals surface area (Å²) in [5.74, 6) is -0.358. The Morgan fingerprint density at radius 2 is 2.09 bits per heavy atom. The van der Waals surface area contributed by atoms with Crippen LogP contribution in [0, 0.1) is 5.82 Å². The van der Waals surface area contributed by atoms with Crippen LogP contribution in [0.4, 0.5) is 9.52 Å². The molecule has 1 amide bonds. The molecule has 1 aromatic heterocycles. The van der Waals surface area contributed by atoms with Crippen LogP contribution in [-0.2, 0) is 4.79 Å². The molecule has 0 fully saturated rings. The van der Waals surface area contributed by atoms with E-state index in [1.54, 1.807) is 12.1 Å². The van der Waals surface area contributed by atoms with Gasteiger partial charge < -0.3 is 5.32 Å². The van der Waals surface area contributed by atoms with E-state index < -0.39 is 0 Å². The number of nitrogens with zero attached hydrogens (tertiary/aromatic N) is 2. The zero-order chi connectivity index (χ0) is 16.1. The molecule has 1 atom stereocenters. The maximum absolute atomic E-state index is 12.9. The summed E-state index contributed by atoms with van der Waals surface area (Å²) in [6.07, 6.45) is 0.996. The van der Waals surface area contributed by atoms with Crippen LogP contribution in [0.1, 0.15) is 20.3 Å². The molecule has 1 heterocycles. The monoisotopic (exact) mass is 321 g/mol. The minimum Gasteiger partial charge on any atom is -0.301 e. The van der Waals surface area contributed by atoms with Crippen LogP contribution in [0.15, 0.2) is 29.6 Å². The fraction of sp³-hybridized carbons (Fsp3) is 0.375. The molecule has 0 aliphatic heterocycles. The van der Waals surface area contributed by atoms with Gasteiger partial charge in [0, 0.05) is 17.0 Å². The number of anilines is 1. The number of carbonyl (C=O) groups is 1. The molecular weight excluding hydrogens is 301 g/mol. The van der Waals surface area contributed by atoms with Crippen LogP contribution in [0.5, 0.6) is 0 Å². The first-order valence-corrected chi connectivity index (χ1v) is 8.09. The van der Waals surface area contributed by atoms with Gasteiger partial charge >= 0.3 is 0 Å². The molecule has 0 spiro atoms. The van der Waals surface area contributed by atoms with Crippen molar-refractivity contribution in [1.82, 2.24) is 9.88 Å². The second-order valence-electron chi connectivity index (χ2n) is 5.27. The van der Waals surface area contributed by atoms with Crippen LogP contribution in [0.3, 0.4) is 0 Å². The summed E-state index contributed by atoms with van der Waals surface area (Å²) in [5.41, 5.74) is 1.56. The number of likely N-dealkylation sites (N-methyl/N-ethyl adjacent to an activating group) is 1. The van der Waals surface area contributed by atoms with Gasteiger partial charge in [0.25, 0.3) is 0 Å². The molecule has 22 heavy (non-hydrogen) atoms. The van der Waals surface area contributed by atoms with Crippen LogP contribution < -0.4 is 5.32 Å². The first-order valence-electron chi connectivity index (χ1n) is 7.21. The number of thiazole rings is 1. The molecule has 6 heteroatoms. The number of halogens is 1. The fourth-order valence-electron chi connectivity index (χ4n) is 1.94. The number of carbonyl (C=O) groups excluding carboxylic acids is 1. The largest absolute Gasteiger partial charge is 0.301 e. The van der Waals surface area contributed by atoms with Crippen LogP contribution in [0.25, 0.3) is 11.3 Å². The van der Waals surface area contributed by atoms with Crippen molar-refractivity contribution in [3.8, 4) is 11.3 Å². The molecule has 2 rings (SSSR count). The lowest BCUT2D eigenvalue weighted by Crippen LogP contribution is -2.36. The Bertz CT molecular complexity index is 627. The molecule has 0 bridgehead atoms. The van der Waals surface area contributed by atoms with E-state index in [1.807, 2.05) is 17.3 Å². The van der Waals surface area contributed by atoms with E-state index in [1.165, 1.54) is 23.5 Å². The summed E-state index contributed by atoms with van der Waals surface area (Å²) >= 11 is 1.36. The Balaban J connectivity index is 1.97. The number of rotatable bonds is 6. The van der Waals surface area contributed by atoms with Gasteiger partial charge in [-0.1, -0.05) is 6.92 Å². The lowest BCUT2D eigenvalue weighted by Gasteiger charge is -2.22. The summed E-state index contributed by atoms with van der Waals surface area (Å²) in [7, 11) is 1.93. The molecule has 1 aromatic carbocycles. The van der Waals surface area contributed by atoms with Crippen molar-refractivity contribution in [3.63, 3.8) is 0 Å². The molecule has 1 N–H and O–H groups in total. The Hall–Kier alpha value is -1.79. The van der Waals surface area contributed by atoms with Crippen molar-refractivity contribution in [2.45, 2.75) is 26.3 Å². The zero-order valence-corrected chi connectivity index (χ0v) is 13.8. The van der Waals surface area contributed by atoms with E-state index in [4.69, 9.17) is 0 Å². The highest BCUT2D eigenvalue weighted by atomic mass is 32.1. The van der Waals surface area contributed by atoms with E-state index in [0.29, 0.717) is 17.7 Å². The molecule has 0 saturated heterocycles. The quantitative estimate of drug-likeness (QED) is 0.884. The van der Waals surface area contributed by atoms with Gasteiger partial charge in [-0.3, -0.25) is 9.69 Å². The first kappa shape index (κ1) is 16.6. The van der Waals surface area contributed by atoms with E-state index in [0.717, 1.165) is 17.7 Å². The summed E-state index contributed by atoms with van der Waals surface area (Å²) in [5, 5.41) is 5.21. The average Bonchev–Trinajstić information content (AvgIpc) is 2.95. The van der Waals surface area contributed by atoms with E-state index >= 15 is 0 Å². The lowest BCUT2D eigenvalue weighted by molar-refractivity contribution is -0.117. The van der Waals surface area contributed by atoms with Crippen molar-refractivity contribution >= 4 is 22.4 Å².